The van der Waals surface area contributed by atoms with Crippen molar-refractivity contribution < 1.29 is 13.2 Å². The van der Waals surface area contributed by atoms with Crippen molar-refractivity contribution in [1.29, 1.82) is 0 Å². The second-order valence-corrected chi connectivity index (χ2v) is 6.50. The van der Waals surface area contributed by atoms with Crippen LogP contribution in [-0.2, 0) is 14.8 Å². The summed E-state index contributed by atoms with van der Waals surface area (Å²) >= 11 is 0. The highest BCUT2D eigenvalue weighted by molar-refractivity contribution is 7.89. The van der Waals surface area contributed by atoms with Gasteiger partial charge in [0.2, 0.25) is 15.9 Å². The van der Waals surface area contributed by atoms with Crippen molar-refractivity contribution >= 4 is 27.3 Å². The largest absolute Gasteiger partial charge is 0.399 e. The van der Waals surface area contributed by atoms with Gasteiger partial charge in [-0.2, -0.15) is 0 Å². The van der Waals surface area contributed by atoms with E-state index in [1.165, 1.54) is 11.0 Å². The minimum atomic E-state index is -3.90. The van der Waals surface area contributed by atoms with Gasteiger partial charge in [-0.15, -0.1) is 0 Å². The highest BCUT2D eigenvalue weighted by atomic mass is 32.2. The summed E-state index contributed by atoms with van der Waals surface area (Å²) in [4.78, 5) is 13.2. The maximum atomic E-state index is 11.7. The first-order valence-corrected chi connectivity index (χ1v) is 7.75. The molecule has 1 fully saturated rings. The SMILES string of the molecule is CN(CC(=O)NC1CC1)c1ccc(N)cc1S(N)(=O)=O. The van der Waals surface area contributed by atoms with Gasteiger partial charge >= 0.3 is 0 Å². The van der Waals surface area contributed by atoms with E-state index in [2.05, 4.69) is 5.32 Å². The molecule has 0 saturated heterocycles. The van der Waals surface area contributed by atoms with Crippen molar-refractivity contribution in [3.8, 4) is 0 Å². The van der Waals surface area contributed by atoms with Crippen LogP contribution < -0.4 is 21.1 Å². The van der Waals surface area contributed by atoms with Crippen LogP contribution in [0.2, 0.25) is 0 Å². The van der Waals surface area contributed by atoms with Crippen LogP contribution in [0.4, 0.5) is 11.4 Å². The summed E-state index contributed by atoms with van der Waals surface area (Å²) in [5.41, 5.74) is 6.24. The van der Waals surface area contributed by atoms with Crippen molar-refractivity contribution in [2.24, 2.45) is 5.14 Å². The minimum absolute atomic E-state index is 0.0585. The number of benzene rings is 1. The number of nitrogens with zero attached hydrogens (tertiary/aromatic N) is 1. The van der Waals surface area contributed by atoms with Gasteiger partial charge < -0.3 is 16.0 Å². The maximum absolute atomic E-state index is 11.7. The van der Waals surface area contributed by atoms with E-state index < -0.39 is 10.0 Å². The minimum Gasteiger partial charge on any atom is -0.399 e. The summed E-state index contributed by atoms with van der Waals surface area (Å²) < 4.78 is 23.2. The summed E-state index contributed by atoms with van der Waals surface area (Å²) in [5.74, 6) is -0.146. The number of nitrogens with one attached hydrogen (secondary N) is 1. The lowest BCUT2D eigenvalue weighted by Gasteiger charge is -2.21. The molecule has 0 heterocycles. The zero-order valence-electron chi connectivity index (χ0n) is 11.2. The first-order valence-electron chi connectivity index (χ1n) is 6.20. The van der Waals surface area contributed by atoms with E-state index in [-0.39, 0.29) is 23.4 Å². The van der Waals surface area contributed by atoms with E-state index in [1.807, 2.05) is 0 Å². The third-order valence-electron chi connectivity index (χ3n) is 3.02. The molecular formula is C12H18N4O3S. The van der Waals surface area contributed by atoms with Gasteiger partial charge in [-0.3, -0.25) is 4.79 Å². The number of nitrogens with two attached hydrogens (primary N) is 2. The van der Waals surface area contributed by atoms with Crippen molar-refractivity contribution in [3.05, 3.63) is 18.2 Å². The number of carbonyl (C=O) groups is 1. The van der Waals surface area contributed by atoms with Gasteiger partial charge in [0.25, 0.3) is 0 Å². The zero-order valence-corrected chi connectivity index (χ0v) is 12.0. The molecule has 0 aliphatic heterocycles. The Labute approximate surface area is 118 Å². The first kappa shape index (κ1) is 14.6. The molecule has 1 aromatic carbocycles. The lowest BCUT2D eigenvalue weighted by atomic mass is 10.2. The summed E-state index contributed by atoms with van der Waals surface area (Å²) in [5, 5.41) is 8.01. The van der Waals surface area contributed by atoms with Gasteiger partial charge in [-0.05, 0) is 31.0 Å². The third-order valence-corrected chi connectivity index (χ3v) is 3.96. The first-order chi connectivity index (χ1) is 9.27. The van der Waals surface area contributed by atoms with Gasteiger partial charge in [0.05, 0.1) is 12.2 Å². The molecule has 2 rings (SSSR count). The number of likely N-dealkylation sites (N-methyl/N-ethyl adjacent to an activating group) is 1. The van der Waals surface area contributed by atoms with Crippen LogP contribution in [0.15, 0.2) is 23.1 Å². The number of carbonyl (C=O) groups excluding carboxylic acids is 1. The number of hydrogen-bond acceptors (Lipinski definition) is 5. The average Bonchev–Trinajstić information content (AvgIpc) is 3.11. The molecule has 1 amide bonds. The Hall–Kier alpha value is -1.80. The second kappa shape index (κ2) is 5.29. The highest BCUT2D eigenvalue weighted by Gasteiger charge is 2.24. The van der Waals surface area contributed by atoms with Crippen molar-refractivity contribution in [3.63, 3.8) is 0 Å². The van der Waals surface area contributed by atoms with Crippen molar-refractivity contribution in [2.75, 3.05) is 24.2 Å². The summed E-state index contributed by atoms with van der Waals surface area (Å²) in [7, 11) is -2.27. The highest BCUT2D eigenvalue weighted by Crippen LogP contribution is 2.26. The van der Waals surface area contributed by atoms with E-state index in [1.54, 1.807) is 19.2 Å². The monoisotopic (exact) mass is 298 g/mol. The molecular weight excluding hydrogens is 280 g/mol. The maximum Gasteiger partial charge on any atom is 0.240 e. The lowest BCUT2D eigenvalue weighted by Crippen LogP contribution is -2.37. The normalized spacial score (nSPS) is 14.9. The molecule has 0 spiro atoms. The molecule has 1 aliphatic rings. The Kier molecular flexibility index (Phi) is 3.87. The molecule has 8 heteroatoms. The van der Waals surface area contributed by atoms with E-state index in [0.29, 0.717) is 11.4 Å². The molecule has 20 heavy (non-hydrogen) atoms. The Balaban J connectivity index is 2.20. The molecule has 0 radical (unpaired) electrons. The number of sulfonamides is 1. The van der Waals surface area contributed by atoms with Gasteiger partial charge in [-0.25, -0.2) is 13.6 Å². The lowest BCUT2D eigenvalue weighted by molar-refractivity contribution is -0.119. The fraction of sp³-hybridized carbons (Fsp3) is 0.417. The van der Waals surface area contributed by atoms with Crippen LogP contribution >= 0.6 is 0 Å². The Bertz CT molecular complexity index is 626. The molecule has 0 unspecified atom stereocenters. The van der Waals surface area contributed by atoms with Crippen LogP contribution in [0.1, 0.15) is 12.8 Å². The fourth-order valence-corrected chi connectivity index (χ4v) is 2.69. The van der Waals surface area contributed by atoms with E-state index in [4.69, 9.17) is 10.9 Å². The molecule has 1 aromatic rings. The van der Waals surface area contributed by atoms with Crippen LogP contribution in [-0.4, -0.2) is 34.0 Å². The zero-order chi connectivity index (χ0) is 14.9. The third kappa shape index (κ3) is 3.61. The van der Waals surface area contributed by atoms with Crippen LogP contribution in [0.5, 0.6) is 0 Å². The molecule has 5 N–H and O–H groups in total. The van der Waals surface area contributed by atoms with Crippen LogP contribution in [0.3, 0.4) is 0 Å². The standard InChI is InChI=1S/C12H18N4O3S/c1-16(7-12(17)15-9-3-4-9)10-5-2-8(13)6-11(10)20(14,18)19/h2,5-6,9H,3-4,7,13H2,1H3,(H,15,17)(H2,14,18,19). The molecule has 0 aromatic heterocycles. The smallest absolute Gasteiger partial charge is 0.240 e. The number of rotatable bonds is 5. The number of anilines is 2. The fourth-order valence-electron chi connectivity index (χ4n) is 1.88. The Morgan fingerprint density at radius 1 is 1.45 bits per heavy atom. The van der Waals surface area contributed by atoms with Crippen molar-refractivity contribution in [2.45, 2.75) is 23.8 Å². The Morgan fingerprint density at radius 2 is 2.10 bits per heavy atom. The Morgan fingerprint density at radius 3 is 2.65 bits per heavy atom. The topological polar surface area (TPSA) is 119 Å². The predicted octanol–water partition coefficient (Wildman–Crippen LogP) is -0.369. The van der Waals surface area contributed by atoms with Crippen LogP contribution in [0.25, 0.3) is 0 Å². The molecule has 7 nitrogen and oxygen atoms in total. The summed E-state index contributed by atoms with van der Waals surface area (Å²) in [6.07, 6.45) is 2.00. The number of amides is 1. The van der Waals surface area contributed by atoms with Gasteiger partial charge in [0.1, 0.15) is 4.90 Å². The van der Waals surface area contributed by atoms with Gasteiger partial charge in [0.15, 0.2) is 0 Å². The molecule has 0 atom stereocenters. The average molecular weight is 298 g/mol. The molecule has 1 saturated carbocycles. The number of nitrogen functional groups attached to an aromatic ring is 1. The van der Waals surface area contributed by atoms with Crippen molar-refractivity contribution in [1.82, 2.24) is 5.32 Å². The molecule has 110 valence electrons. The number of primary sulfonamides is 1. The summed E-state index contributed by atoms with van der Waals surface area (Å²) in [6, 6.07) is 4.67. The van der Waals surface area contributed by atoms with Gasteiger partial charge in [-0.1, -0.05) is 0 Å². The quantitative estimate of drug-likeness (QED) is 0.641. The predicted molar refractivity (Wildman–Crippen MR) is 76.7 cm³/mol. The molecule has 0 bridgehead atoms. The second-order valence-electron chi connectivity index (χ2n) is 4.97. The summed E-state index contributed by atoms with van der Waals surface area (Å²) in [6.45, 7) is 0.0585. The van der Waals surface area contributed by atoms with E-state index >= 15 is 0 Å². The van der Waals surface area contributed by atoms with Crippen LogP contribution in [0, 0.1) is 0 Å². The van der Waals surface area contributed by atoms with Gasteiger partial charge in [0, 0.05) is 18.8 Å². The van der Waals surface area contributed by atoms with E-state index in [0.717, 1.165) is 12.8 Å². The molecule has 1 aliphatic carbocycles. The van der Waals surface area contributed by atoms with E-state index in [9.17, 15) is 13.2 Å². The number of hydrogen-bond donors (Lipinski definition) is 3.